The Morgan fingerprint density at radius 3 is 2.88 bits per heavy atom. The van der Waals surface area contributed by atoms with Crippen LogP contribution in [0.5, 0.6) is 0 Å². The van der Waals surface area contributed by atoms with Gasteiger partial charge in [0.2, 0.25) is 5.91 Å². The number of carbonyl (C=O) groups is 2. The molecular formula is C12H13ClN2O2. The van der Waals surface area contributed by atoms with Gasteiger partial charge in [-0.2, -0.15) is 0 Å². The molecule has 1 saturated heterocycles. The van der Waals surface area contributed by atoms with Crippen LogP contribution in [0, 0.1) is 0 Å². The molecule has 0 radical (unpaired) electrons. The molecule has 1 fully saturated rings. The fraction of sp³-hybridized carbons (Fsp3) is 0.333. The minimum atomic E-state index is -0.451. The molecule has 0 bridgehead atoms. The van der Waals surface area contributed by atoms with E-state index < -0.39 is 6.04 Å². The van der Waals surface area contributed by atoms with Gasteiger partial charge in [0.05, 0.1) is 10.6 Å². The van der Waals surface area contributed by atoms with Crippen LogP contribution in [0.15, 0.2) is 24.3 Å². The fourth-order valence-electron chi connectivity index (χ4n) is 1.85. The third kappa shape index (κ3) is 2.26. The Balaban J connectivity index is 2.26. The minimum absolute atomic E-state index is 0.128. The molecule has 90 valence electrons. The summed E-state index contributed by atoms with van der Waals surface area (Å²) in [6.45, 7) is 2.71. The van der Waals surface area contributed by atoms with Crippen LogP contribution in [0.3, 0.4) is 0 Å². The van der Waals surface area contributed by atoms with Crippen LogP contribution in [0.2, 0.25) is 5.02 Å². The topological polar surface area (TPSA) is 49.4 Å². The van der Waals surface area contributed by atoms with Gasteiger partial charge in [-0.25, -0.2) is 0 Å². The summed E-state index contributed by atoms with van der Waals surface area (Å²) in [7, 11) is 0. The zero-order valence-corrected chi connectivity index (χ0v) is 10.2. The van der Waals surface area contributed by atoms with Gasteiger partial charge < -0.3 is 10.2 Å². The first-order chi connectivity index (χ1) is 8.11. The number of hydrogen-bond acceptors (Lipinski definition) is 2. The summed E-state index contributed by atoms with van der Waals surface area (Å²) in [6, 6.07) is 6.42. The van der Waals surface area contributed by atoms with Crippen molar-refractivity contribution in [3.8, 4) is 0 Å². The molecule has 0 aromatic heterocycles. The van der Waals surface area contributed by atoms with E-state index in [4.69, 9.17) is 11.6 Å². The molecule has 0 saturated carbocycles. The SMILES string of the molecule is CC1C(=O)NCCN1C(=O)c1ccccc1Cl. The summed E-state index contributed by atoms with van der Waals surface area (Å²) in [5, 5.41) is 3.13. The molecule has 1 unspecified atom stereocenters. The maximum atomic E-state index is 12.2. The van der Waals surface area contributed by atoms with Crippen molar-refractivity contribution < 1.29 is 9.59 Å². The summed E-state index contributed by atoms with van der Waals surface area (Å²) < 4.78 is 0. The third-order valence-electron chi connectivity index (χ3n) is 2.86. The van der Waals surface area contributed by atoms with Gasteiger partial charge in [-0.15, -0.1) is 0 Å². The van der Waals surface area contributed by atoms with Gasteiger partial charge in [0.25, 0.3) is 5.91 Å². The second-order valence-electron chi connectivity index (χ2n) is 3.95. The quantitative estimate of drug-likeness (QED) is 0.819. The van der Waals surface area contributed by atoms with Crippen molar-refractivity contribution in [3.05, 3.63) is 34.9 Å². The predicted molar refractivity (Wildman–Crippen MR) is 65.0 cm³/mol. The van der Waals surface area contributed by atoms with E-state index in [2.05, 4.69) is 5.32 Å². The van der Waals surface area contributed by atoms with Gasteiger partial charge in [-0.05, 0) is 19.1 Å². The highest BCUT2D eigenvalue weighted by atomic mass is 35.5. The third-order valence-corrected chi connectivity index (χ3v) is 3.19. The number of halogens is 1. The molecule has 1 aromatic rings. The van der Waals surface area contributed by atoms with Gasteiger partial charge in [-0.3, -0.25) is 9.59 Å². The molecule has 2 rings (SSSR count). The Morgan fingerprint density at radius 1 is 1.47 bits per heavy atom. The van der Waals surface area contributed by atoms with Gasteiger partial charge in [0.15, 0.2) is 0 Å². The average molecular weight is 253 g/mol. The van der Waals surface area contributed by atoms with E-state index in [9.17, 15) is 9.59 Å². The van der Waals surface area contributed by atoms with Crippen LogP contribution < -0.4 is 5.32 Å². The van der Waals surface area contributed by atoms with Crippen LogP contribution >= 0.6 is 11.6 Å². The molecule has 0 spiro atoms. The van der Waals surface area contributed by atoms with Crippen molar-refractivity contribution in [2.45, 2.75) is 13.0 Å². The van der Waals surface area contributed by atoms with Crippen LogP contribution in [-0.2, 0) is 4.79 Å². The number of hydrogen-bond donors (Lipinski definition) is 1. The van der Waals surface area contributed by atoms with Gasteiger partial charge in [-0.1, -0.05) is 23.7 Å². The summed E-state index contributed by atoms with van der Waals surface area (Å²) >= 11 is 5.97. The first-order valence-corrected chi connectivity index (χ1v) is 5.82. The van der Waals surface area contributed by atoms with Crippen LogP contribution in [0.1, 0.15) is 17.3 Å². The molecule has 4 nitrogen and oxygen atoms in total. The minimum Gasteiger partial charge on any atom is -0.353 e. The molecular weight excluding hydrogens is 240 g/mol. The number of piperazine rings is 1. The Kier molecular flexibility index (Phi) is 3.33. The predicted octanol–water partition coefficient (Wildman–Crippen LogP) is 1.30. The van der Waals surface area contributed by atoms with Crippen LogP contribution in [0.25, 0.3) is 0 Å². The monoisotopic (exact) mass is 252 g/mol. The number of nitrogens with zero attached hydrogens (tertiary/aromatic N) is 1. The summed E-state index contributed by atoms with van der Waals surface area (Å²) in [6.07, 6.45) is 0. The number of carbonyl (C=O) groups excluding carboxylic acids is 2. The van der Waals surface area contributed by atoms with Gasteiger partial charge in [0.1, 0.15) is 6.04 Å². The van der Waals surface area contributed by atoms with Crippen molar-refractivity contribution >= 4 is 23.4 Å². The molecule has 1 N–H and O–H groups in total. The smallest absolute Gasteiger partial charge is 0.256 e. The van der Waals surface area contributed by atoms with E-state index in [-0.39, 0.29) is 11.8 Å². The largest absolute Gasteiger partial charge is 0.353 e. The Bertz CT molecular complexity index is 462. The average Bonchev–Trinajstić information content (AvgIpc) is 2.32. The molecule has 1 aliphatic rings. The van der Waals surface area contributed by atoms with Crippen molar-refractivity contribution in [2.24, 2.45) is 0 Å². The molecule has 1 aromatic carbocycles. The fourth-order valence-corrected chi connectivity index (χ4v) is 2.07. The highest BCUT2D eigenvalue weighted by Crippen LogP contribution is 2.19. The lowest BCUT2D eigenvalue weighted by Gasteiger charge is -2.33. The molecule has 5 heteroatoms. The second kappa shape index (κ2) is 4.75. The molecule has 1 heterocycles. The Labute approximate surface area is 105 Å². The maximum absolute atomic E-state index is 12.2. The molecule has 1 aliphatic heterocycles. The lowest BCUT2D eigenvalue weighted by Crippen LogP contribution is -2.55. The standard InChI is InChI=1S/C12H13ClN2O2/c1-8-11(16)14-6-7-15(8)12(17)9-4-2-3-5-10(9)13/h2-5,8H,6-7H2,1H3,(H,14,16). The first kappa shape index (κ1) is 11.9. The molecule has 0 aliphatic carbocycles. The summed E-state index contributed by atoms with van der Waals surface area (Å²) in [4.78, 5) is 25.3. The van der Waals surface area contributed by atoms with E-state index in [1.807, 2.05) is 0 Å². The van der Waals surface area contributed by atoms with Crippen LogP contribution in [0.4, 0.5) is 0 Å². The lowest BCUT2D eigenvalue weighted by atomic mass is 10.1. The van der Waals surface area contributed by atoms with Crippen molar-refractivity contribution in [1.29, 1.82) is 0 Å². The number of benzene rings is 1. The normalized spacial score (nSPS) is 20.0. The highest BCUT2D eigenvalue weighted by Gasteiger charge is 2.30. The lowest BCUT2D eigenvalue weighted by molar-refractivity contribution is -0.127. The number of nitrogens with one attached hydrogen (secondary N) is 1. The zero-order valence-electron chi connectivity index (χ0n) is 9.44. The van der Waals surface area contributed by atoms with E-state index in [0.717, 1.165) is 0 Å². The molecule has 17 heavy (non-hydrogen) atoms. The first-order valence-electron chi connectivity index (χ1n) is 5.44. The van der Waals surface area contributed by atoms with Crippen LogP contribution in [-0.4, -0.2) is 35.8 Å². The molecule has 1 atom stereocenters. The van der Waals surface area contributed by atoms with E-state index in [1.54, 1.807) is 36.1 Å². The Hall–Kier alpha value is -1.55. The van der Waals surface area contributed by atoms with E-state index in [0.29, 0.717) is 23.7 Å². The van der Waals surface area contributed by atoms with Crippen molar-refractivity contribution in [2.75, 3.05) is 13.1 Å². The number of rotatable bonds is 1. The van der Waals surface area contributed by atoms with E-state index in [1.165, 1.54) is 0 Å². The molecule has 2 amide bonds. The number of amides is 2. The van der Waals surface area contributed by atoms with E-state index >= 15 is 0 Å². The maximum Gasteiger partial charge on any atom is 0.256 e. The van der Waals surface area contributed by atoms with Crippen molar-refractivity contribution in [1.82, 2.24) is 10.2 Å². The Morgan fingerprint density at radius 2 is 2.18 bits per heavy atom. The summed E-state index contributed by atoms with van der Waals surface area (Å²) in [5.41, 5.74) is 0.440. The summed E-state index contributed by atoms with van der Waals surface area (Å²) in [5.74, 6) is -0.324. The van der Waals surface area contributed by atoms with Crippen molar-refractivity contribution in [3.63, 3.8) is 0 Å². The highest BCUT2D eigenvalue weighted by molar-refractivity contribution is 6.33. The van der Waals surface area contributed by atoms with Gasteiger partial charge in [0, 0.05) is 13.1 Å². The second-order valence-corrected chi connectivity index (χ2v) is 4.35. The van der Waals surface area contributed by atoms with Gasteiger partial charge >= 0.3 is 0 Å². The zero-order chi connectivity index (χ0) is 12.4.